The van der Waals surface area contributed by atoms with Crippen LogP contribution in [-0.4, -0.2) is 16.1 Å². The van der Waals surface area contributed by atoms with E-state index in [1.165, 1.54) is 18.2 Å². The molecule has 1 aromatic heterocycles. The molecule has 5 nitrogen and oxygen atoms in total. The maximum absolute atomic E-state index is 12.9. The van der Waals surface area contributed by atoms with Crippen molar-refractivity contribution in [2.75, 3.05) is 0 Å². The summed E-state index contributed by atoms with van der Waals surface area (Å²) >= 11 is 0. The zero-order valence-corrected chi connectivity index (χ0v) is 9.61. The summed E-state index contributed by atoms with van der Waals surface area (Å²) < 4.78 is 25.6. The number of hydrogen-bond acceptors (Lipinski definition) is 3. The molecule has 0 radical (unpaired) electrons. The van der Waals surface area contributed by atoms with Crippen molar-refractivity contribution in [2.45, 2.75) is 6.54 Å². The molecule has 0 aliphatic heterocycles. The zero-order chi connectivity index (χ0) is 13.8. The van der Waals surface area contributed by atoms with Gasteiger partial charge in [0, 0.05) is 12.6 Å². The van der Waals surface area contributed by atoms with Crippen molar-refractivity contribution < 1.29 is 13.6 Å². The van der Waals surface area contributed by atoms with Gasteiger partial charge < -0.3 is 5.32 Å². The van der Waals surface area contributed by atoms with Crippen LogP contribution in [0.15, 0.2) is 35.1 Å². The molecule has 1 heterocycles. The third-order valence-electron chi connectivity index (χ3n) is 2.35. The molecule has 0 saturated carbocycles. The number of aromatic amines is 1. The van der Waals surface area contributed by atoms with Gasteiger partial charge in [-0.2, -0.15) is 5.10 Å². The molecule has 2 rings (SSSR count). The topological polar surface area (TPSA) is 74.8 Å². The number of carbonyl (C=O) groups excluding carboxylic acids is 1. The Morgan fingerprint density at radius 2 is 2.00 bits per heavy atom. The Morgan fingerprint density at radius 1 is 1.21 bits per heavy atom. The largest absolute Gasteiger partial charge is 0.347 e. The molecule has 0 atom stereocenters. The third kappa shape index (κ3) is 3.21. The van der Waals surface area contributed by atoms with Crippen LogP contribution in [0.25, 0.3) is 0 Å². The fourth-order valence-electron chi connectivity index (χ4n) is 1.39. The van der Waals surface area contributed by atoms with Crippen LogP contribution in [0.1, 0.15) is 16.1 Å². The van der Waals surface area contributed by atoms with Gasteiger partial charge >= 0.3 is 0 Å². The van der Waals surface area contributed by atoms with Crippen molar-refractivity contribution in [2.24, 2.45) is 0 Å². The number of nitrogens with zero attached hydrogens (tertiary/aromatic N) is 1. The van der Waals surface area contributed by atoms with Crippen LogP contribution >= 0.6 is 0 Å². The van der Waals surface area contributed by atoms with Crippen molar-refractivity contribution in [1.29, 1.82) is 0 Å². The minimum absolute atomic E-state index is 0.0246. The molecule has 2 aromatic rings. The number of rotatable bonds is 3. The quantitative estimate of drug-likeness (QED) is 0.868. The van der Waals surface area contributed by atoms with E-state index in [0.717, 1.165) is 12.1 Å². The normalized spacial score (nSPS) is 10.2. The van der Waals surface area contributed by atoms with Crippen LogP contribution in [0.4, 0.5) is 8.78 Å². The molecular weight excluding hydrogens is 256 g/mol. The average molecular weight is 265 g/mol. The highest BCUT2D eigenvalue weighted by atomic mass is 19.2. The first-order valence-corrected chi connectivity index (χ1v) is 5.34. The Bertz CT molecular complexity index is 650. The molecular formula is C12H9F2N3O2. The number of amides is 1. The van der Waals surface area contributed by atoms with Crippen LogP contribution in [0.5, 0.6) is 0 Å². The first-order chi connectivity index (χ1) is 9.06. The van der Waals surface area contributed by atoms with Crippen molar-refractivity contribution in [3.63, 3.8) is 0 Å². The van der Waals surface area contributed by atoms with Gasteiger partial charge in [0.1, 0.15) is 5.69 Å². The van der Waals surface area contributed by atoms with Gasteiger partial charge in [0.15, 0.2) is 11.6 Å². The Morgan fingerprint density at radius 3 is 2.63 bits per heavy atom. The highest BCUT2D eigenvalue weighted by Gasteiger charge is 2.08. The van der Waals surface area contributed by atoms with Gasteiger partial charge in [0.05, 0.1) is 0 Å². The fourth-order valence-corrected chi connectivity index (χ4v) is 1.39. The molecule has 1 amide bonds. The number of benzene rings is 1. The van der Waals surface area contributed by atoms with Crippen molar-refractivity contribution in [3.8, 4) is 0 Å². The molecule has 0 saturated heterocycles. The van der Waals surface area contributed by atoms with Gasteiger partial charge in [-0.1, -0.05) is 6.07 Å². The molecule has 0 aliphatic rings. The van der Waals surface area contributed by atoms with E-state index in [2.05, 4.69) is 15.5 Å². The number of halogens is 2. The van der Waals surface area contributed by atoms with Crippen molar-refractivity contribution >= 4 is 5.91 Å². The van der Waals surface area contributed by atoms with E-state index in [0.29, 0.717) is 5.56 Å². The summed E-state index contributed by atoms with van der Waals surface area (Å²) in [4.78, 5) is 22.4. The second kappa shape index (κ2) is 5.38. The lowest BCUT2D eigenvalue weighted by molar-refractivity contribution is 0.0944. The Labute approximate surface area is 106 Å². The molecule has 2 N–H and O–H groups in total. The van der Waals surface area contributed by atoms with Crippen LogP contribution in [-0.2, 0) is 6.54 Å². The Balaban J connectivity index is 2.02. The van der Waals surface area contributed by atoms with Gasteiger partial charge in [-0.3, -0.25) is 9.59 Å². The molecule has 0 aliphatic carbocycles. The van der Waals surface area contributed by atoms with Crippen LogP contribution in [0.3, 0.4) is 0 Å². The summed E-state index contributed by atoms with van der Waals surface area (Å²) in [5, 5.41) is 8.13. The van der Waals surface area contributed by atoms with Gasteiger partial charge in [-0.25, -0.2) is 13.9 Å². The van der Waals surface area contributed by atoms with E-state index in [-0.39, 0.29) is 12.2 Å². The summed E-state index contributed by atoms with van der Waals surface area (Å²) in [5.41, 5.74) is 0.0241. The molecule has 0 bridgehead atoms. The van der Waals surface area contributed by atoms with Gasteiger partial charge in [0.25, 0.3) is 11.5 Å². The average Bonchev–Trinajstić information content (AvgIpc) is 2.40. The van der Waals surface area contributed by atoms with E-state index in [9.17, 15) is 18.4 Å². The second-order valence-corrected chi connectivity index (χ2v) is 3.74. The van der Waals surface area contributed by atoms with Crippen LogP contribution in [0, 0.1) is 11.6 Å². The SMILES string of the molecule is O=C(NCc1ccc(F)c(F)c1)c1ccc(=O)[nH]n1. The number of hydrogen-bond donors (Lipinski definition) is 2. The summed E-state index contributed by atoms with van der Waals surface area (Å²) in [6, 6.07) is 5.77. The van der Waals surface area contributed by atoms with E-state index in [1.54, 1.807) is 0 Å². The molecule has 0 unspecified atom stereocenters. The number of nitrogens with one attached hydrogen (secondary N) is 2. The lowest BCUT2D eigenvalue weighted by Gasteiger charge is -2.04. The standard InChI is InChI=1S/C12H9F2N3O2/c13-8-2-1-7(5-9(8)14)6-15-12(19)10-3-4-11(18)17-16-10/h1-5H,6H2,(H,15,19)(H,17,18). The summed E-state index contributed by atoms with van der Waals surface area (Å²) in [7, 11) is 0. The molecule has 1 aromatic carbocycles. The van der Waals surface area contributed by atoms with Gasteiger partial charge in [-0.15, -0.1) is 0 Å². The second-order valence-electron chi connectivity index (χ2n) is 3.74. The maximum atomic E-state index is 12.9. The predicted octanol–water partition coefficient (Wildman–Crippen LogP) is 0.978. The van der Waals surface area contributed by atoms with E-state index >= 15 is 0 Å². The van der Waals surface area contributed by atoms with Crippen molar-refractivity contribution in [3.05, 3.63) is 63.6 Å². The smallest absolute Gasteiger partial charge is 0.271 e. The fraction of sp³-hybridized carbons (Fsp3) is 0.0833. The molecule has 0 fully saturated rings. The maximum Gasteiger partial charge on any atom is 0.271 e. The van der Waals surface area contributed by atoms with E-state index < -0.39 is 23.1 Å². The van der Waals surface area contributed by atoms with Crippen molar-refractivity contribution in [1.82, 2.24) is 15.5 Å². The highest BCUT2D eigenvalue weighted by Crippen LogP contribution is 2.08. The monoisotopic (exact) mass is 265 g/mol. The lowest BCUT2D eigenvalue weighted by Crippen LogP contribution is -2.25. The number of carbonyl (C=O) groups is 1. The number of H-pyrrole nitrogens is 1. The Kier molecular flexibility index (Phi) is 3.65. The van der Waals surface area contributed by atoms with Crippen LogP contribution < -0.4 is 10.9 Å². The summed E-state index contributed by atoms with van der Waals surface area (Å²) in [6.45, 7) is 0.0246. The zero-order valence-electron chi connectivity index (χ0n) is 9.61. The number of aromatic nitrogens is 2. The molecule has 98 valence electrons. The van der Waals surface area contributed by atoms with Gasteiger partial charge in [-0.05, 0) is 23.8 Å². The summed E-state index contributed by atoms with van der Waals surface area (Å²) in [6.07, 6.45) is 0. The first-order valence-electron chi connectivity index (χ1n) is 5.34. The lowest BCUT2D eigenvalue weighted by atomic mass is 10.2. The minimum atomic E-state index is -0.978. The predicted molar refractivity (Wildman–Crippen MR) is 62.4 cm³/mol. The molecule has 0 spiro atoms. The molecule has 7 heteroatoms. The van der Waals surface area contributed by atoms with E-state index in [4.69, 9.17) is 0 Å². The minimum Gasteiger partial charge on any atom is -0.347 e. The highest BCUT2D eigenvalue weighted by molar-refractivity contribution is 5.91. The summed E-state index contributed by atoms with van der Waals surface area (Å²) in [5.74, 6) is -2.45. The van der Waals surface area contributed by atoms with Gasteiger partial charge in [0.2, 0.25) is 0 Å². The third-order valence-corrected chi connectivity index (χ3v) is 2.35. The first kappa shape index (κ1) is 12.9. The Hall–Kier alpha value is -2.57. The molecule has 19 heavy (non-hydrogen) atoms. The van der Waals surface area contributed by atoms with Crippen LogP contribution in [0.2, 0.25) is 0 Å². The van der Waals surface area contributed by atoms with E-state index in [1.807, 2.05) is 0 Å².